The van der Waals surface area contributed by atoms with Gasteiger partial charge in [-0.05, 0) is 36.1 Å². The van der Waals surface area contributed by atoms with Gasteiger partial charge in [0.1, 0.15) is 0 Å². The molecule has 0 amide bonds. The lowest BCUT2D eigenvalue weighted by molar-refractivity contribution is 0.493. The Bertz CT molecular complexity index is 676. The average Bonchev–Trinajstić information content (AvgIpc) is 3.26. The second-order valence-corrected chi connectivity index (χ2v) is 5.70. The number of furan rings is 1. The fraction of sp³-hybridized carbons (Fsp3) is 0.389. The minimum absolute atomic E-state index is 0.602. The van der Waals surface area contributed by atoms with E-state index in [1.54, 1.807) is 6.26 Å². The Balaban J connectivity index is 1.28. The summed E-state index contributed by atoms with van der Waals surface area (Å²) in [5.74, 6) is 1.38. The molecule has 0 N–H and O–H groups in total. The Morgan fingerprint density at radius 2 is 1.61 bits per heavy atom. The molecule has 0 saturated carbocycles. The Hall–Kier alpha value is -2.43. The molecular formula is C18H22N4O. The van der Waals surface area contributed by atoms with Crippen molar-refractivity contribution in [2.75, 3.05) is 0 Å². The van der Waals surface area contributed by atoms with Crippen molar-refractivity contribution in [3.05, 3.63) is 60.1 Å². The van der Waals surface area contributed by atoms with Crippen LogP contribution in [0.3, 0.4) is 0 Å². The van der Waals surface area contributed by atoms with Crippen molar-refractivity contribution in [2.45, 2.75) is 44.9 Å². The monoisotopic (exact) mass is 310 g/mol. The lowest BCUT2D eigenvalue weighted by Crippen LogP contribution is -1.97. The van der Waals surface area contributed by atoms with Crippen LogP contribution in [0.5, 0.6) is 0 Å². The second kappa shape index (κ2) is 8.27. The average molecular weight is 310 g/mol. The van der Waals surface area contributed by atoms with Crippen molar-refractivity contribution < 1.29 is 4.42 Å². The topological polar surface area (TPSA) is 56.7 Å². The molecule has 0 atom stereocenters. The fourth-order valence-corrected chi connectivity index (χ4v) is 2.61. The van der Waals surface area contributed by atoms with E-state index < -0.39 is 0 Å². The van der Waals surface area contributed by atoms with Gasteiger partial charge < -0.3 is 4.42 Å². The van der Waals surface area contributed by atoms with E-state index in [-0.39, 0.29) is 0 Å². The Kier molecular flexibility index (Phi) is 5.56. The molecule has 0 aliphatic heterocycles. The standard InChI is InChI=1S/C18H22N4O/c1(2-5-10-16-11-6-4-7-12-16)3-8-13-17-19-21-22(20-17)18-14-9-15-23-18/h4,6-7,9,11-12,14-15H,1-3,5,8,10,13H2. The van der Waals surface area contributed by atoms with Gasteiger partial charge in [0.2, 0.25) is 5.88 Å². The molecule has 0 aliphatic carbocycles. The molecule has 0 bridgehead atoms. The van der Waals surface area contributed by atoms with Crippen LogP contribution in [-0.4, -0.2) is 20.2 Å². The van der Waals surface area contributed by atoms with Gasteiger partial charge in [0.25, 0.3) is 0 Å². The SMILES string of the molecule is c1ccc(CCCCCCCc2nnn(-c3ccco3)n2)cc1. The molecular weight excluding hydrogens is 288 g/mol. The molecule has 5 nitrogen and oxygen atoms in total. The van der Waals surface area contributed by atoms with Crippen molar-refractivity contribution in [3.8, 4) is 5.88 Å². The van der Waals surface area contributed by atoms with E-state index in [4.69, 9.17) is 4.42 Å². The molecule has 23 heavy (non-hydrogen) atoms. The summed E-state index contributed by atoms with van der Waals surface area (Å²) in [6.45, 7) is 0. The molecule has 0 spiro atoms. The molecule has 0 unspecified atom stereocenters. The fourth-order valence-electron chi connectivity index (χ4n) is 2.61. The summed E-state index contributed by atoms with van der Waals surface area (Å²) in [4.78, 5) is 1.44. The third-order valence-corrected chi connectivity index (χ3v) is 3.87. The van der Waals surface area contributed by atoms with E-state index in [0.29, 0.717) is 5.88 Å². The molecule has 3 aromatic rings. The minimum Gasteiger partial charge on any atom is -0.445 e. The lowest BCUT2D eigenvalue weighted by Gasteiger charge is -2.01. The predicted molar refractivity (Wildman–Crippen MR) is 88.4 cm³/mol. The highest BCUT2D eigenvalue weighted by molar-refractivity contribution is 5.14. The first-order valence-electron chi connectivity index (χ1n) is 8.28. The minimum atomic E-state index is 0.602. The van der Waals surface area contributed by atoms with Crippen molar-refractivity contribution >= 4 is 0 Å². The first kappa shape index (κ1) is 15.5. The summed E-state index contributed by atoms with van der Waals surface area (Å²) >= 11 is 0. The lowest BCUT2D eigenvalue weighted by atomic mass is 10.0. The van der Waals surface area contributed by atoms with Gasteiger partial charge in [-0.1, -0.05) is 54.4 Å². The van der Waals surface area contributed by atoms with Gasteiger partial charge >= 0.3 is 0 Å². The van der Waals surface area contributed by atoms with E-state index in [0.717, 1.165) is 18.7 Å². The highest BCUT2D eigenvalue weighted by atomic mass is 16.3. The van der Waals surface area contributed by atoms with Crippen LogP contribution in [0.2, 0.25) is 0 Å². The van der Waals surface area contributed by atoms with E-state index in [9.17, 15) is 0 Å². The summed E-state index contributed by atoms with van der Waals surface area (Å²) < 4.78 is 5.24. The molecule has 5 heteroatoms. The molecule has 1 aromatic carbocycles. The summed E-state index contributed by atoms with van der Waals surface area (Å²) in [5.41, 5.74) is 1.44. The Morgan fingerprint density at radius 3 is 2.39 bits per heavy atom. The first-order chi connectivity index (χ1) is 11.4. The molecule has 0 saturated heterocycles. The van der Waals surface area contributed by atoms with Gasteiger partial charge in [0, 0.05) is 12.5 Å². The van der Waals surface area contributed by atoms with Crippen LogP contribution < -0.4 is 0 Å². The van der Waals surface area contributed by atoms with Crippen LogP contribution in [0.4, 0.5) is 0 Å². The largest absolute Gasteiger partial charge is 0.445 e. The van der Waals surface area contributed by atoms with Crippen LogP contribution in [0.15, 0.2) is 53.1 Å². The number of rotatable bonds is 9. The van der Waals surface area contributed by atoms with Crippen LogP contribution in [0.1, 0.15) is 43.5 Å². The van der Waals surface area contributed by atoms with Gasteiger partial charge in [-0.3, -0.25) is 0 Å². The summed E-state index contributed by atoms with van der Waals surface area (Å²) in [6.07, 6.45) is 9.78. The molecule has 120 valence electrons. The van der Waals surface area contributed by atoms with Gasteiger partial charge in [0.15, 0.2) is 5.82 Å². The van der Waals surface area contributed by atoms with Crippen LogP contribution in [-0.2, 0) is 12.8 Å². The second-order valence-electron chi connectivity index (χ2n) is 5.70. The van der Waals surface area contributed by atoms with Crippen molar-refractivity contribution in [1.82, 2.24) is 20.2 Å². The summed E-state index contributed by atoms with van der Waals surface area (Å²) in [7, 11) is 0. The number of benzene rings is 1. The molecule has 2 heterocycles. The van der Waals surface area contributed by atoms with Gasteiger partial charge in [0.05, 0.1) is 6.26 Å². The molecule has 0 radical (unpaired) electrons. The van der Waals surface area contributed by atoms with Gasteiger partial charge in [-0.2, -0.15) is 0 Å². The molecule has 0 fully saturated rings. The number of nitrogens with zero attached hydrogens (tertiary/aromatic N) is 4. The van der Waals surface area contributed by atoms with Crippen molar-refractivity contribution in [2.24, 2.45) is 0 Å². The third-order valence-electron chi connectivity index (χ3n) is 3.87. The maximum absolute atomic E-state index is 5.24. The molecule has 0 aliphatic rings. The highest BCUT2D eigenvalue weighted by Gasteiger charge is 2.06. The van der Waals surface area contributed by atoms with Crippen molar-refractivity contribution in [3.63, 3.8) is 0 Å². The number of aromatic nitrogens is 4. The van der Waals surface area contributed by atoms with Crippen LogP contribution in [0, 0.1) is 0 Å². The smallest absolute Gasteiger partial charge is 0.239 e. The zero-order valence-corrected chi connectivity index (χ0v) is 13.3. The summed E-state index contributed by atoms with van der Waals surface area (Å²) in [6, 6.07) is 14.3. The molecule has 2 aromatic heterocycles. The van der Waals surface area contributed by atoms with Gasteiger partial charge in [-0.15, -0.1) is 10.2 Å². The zero-order valence-electron chi connectivity index (χ0n) is 13.3. The first-order valence-corrected chi connectivity index (χ1v) is 8.28. The van der Waals surface area contributed by atoms with E-state index in [2.05, 4.69) is 45.7 Å². The van der Waals surface area contributed by atoms with Gasteiger partial charge in [-0.25, -0.2) is 0 Å². The number of hydrogen-bond donors (Lipinski definition) is 0. The maximum atomic E-state index is 5.24. The number of hydrogen-bond acceptors (Lipinski definition) is 4. The molecule has 3 rings (SSSR count). The number of unbranched alkanes of at least 4 members (excludes halogenated alkanes) is 4. The number of tetrazole rings is 1. The summed E-state index contributed by atoms with van der Waals surface area (Å²) in [5, 5.41) is 12.4. The van der Waals surface area contributed by atoms with Crippen molar-refractivity contribution in [1.29, 1.82) is 0 Å². The highest BCUT2D eigenvalue weighted by Crippen LogP contribution is 2.10. The maximum Gasteiger partial charge on any atom is 0.239 e. The quantitative estimate of drug-likeness (QED) is 0.561. The van der Waals surface area contributed by atoms with Crippen LogP contribution in [0.25, 0.3) is 5.88 Å². The normalized spacial score (nSPS) is 11.0. The number of aryl methyl sites for hydroxylation is 2. The Labute approximate surface area is 136 Å². The van der Waals surface area contributed by atoms with Crippen LogP contribution >= 0.6 is 0 Å². The van der Waals surface area contributed by atoms with E-state index in [1.165, 1.54) is 42.5 Å². The third kappa shape index (κ3) is 4.77. The van der Waals surface area contributed by atoms with E-state index in [1.807, 2.05) is 12.1 Å². The van der Waals surface area contributed by atoms with E-state index >= 15 is 0 Å². The zero-order chi connectivity index (χ0) is 15.7. The Morgan fingerprint density at radius 1 is 0.826 bits per heavy atom. The predicted octanol–water partition coefficient (Wildman–Crippen LogP) is 3.99.